The maximum Gasteiger partial charge on any atom is 0.407 e. The Hall–Kier alpha value is -5.84. The van der Waals surface area contributed by atoms with Crippen LogP contribution in [0.2, 0.25) is 0 Å². The molecule has 5 rings (SSSR count). The fourth-order valence-corrected chi connectivity index (χ4v) is 6.13. The fraction of sp³-hybridized carbons (Fsp3) is 0.421. The Morgan fingerprint density at radius 2 is 1.48 bits per heavy atom. The zero-order valence-electron chi connectivity index (χ0n) is 30.5. The number of methoxy groups -OCH3 is 2. The molecule has 14 heteroatoms. The molecule has 2 aromatic heterocycles. The van der Waals surface area contributed by atoms with Crippen molar-refractivity contribution in [3.8, 4) is 23.1 Å². The summed E-state index contributed by atoms with van der Waals surface area (Å²) in [5.41, 5.74) is 4.93. The molecule has 52 heavy (non-hydrogen) atoms. The number of alkyl carbamates (subject to hydrolysis) is 2. The molecule has 274 valence electrons. The lowest BCUT2D eigenvalue weighted by atomic mass is 10.0. The van der Waals surface area contributed by atoms with Crippen LogP contribution in [0.4, 0.5) is 9.59 Å². The van der Waals surface area contributed by atoms with Gasteiger partial charge in [-0.3, -0.25) is 9.59 Å². The van der Waals surface area contributed by atoms with Gasteiger partial charge in [0.15, 0.2) is 0 Å². The maximum atomic E-state index is 13.5. The Kier molecular flexibility index (Phi) is 11.8. The first kappa shape index (κ1) is 37.4. The average molecular weight is 711 g/mol. The molecule has 3 heterocycles. The summed E-state index contributed by atoms with van der Waals surface area (Å²) in [6.45, 7) is 9.85. The van der Waals surface area contributed by atoms with E-state index >= 15 is 0 Å². The number of benzene rings is 2. The number of aromatic amines is 2. The first-order valence-electron chi connectivity index (χ1n) is 17.3. The minimum atomic E-state index is -0.751. The lowest BCUT2D eigenvalue weighted by molar-refractivity contribution is -0.135. The van der Waals surface area contributed by atoms with Gasteiger partial charge in [0.05, 0.1) is 49.2 Å². The van der Waals surface area contributed by atoms with Crippen molar-refractivity contribution >= 4 is 35.0 Å². The van der Waals surface area contributed by atoms with Gasteiger partial charge in [-0.1, -0.05) is 51.7 Å². The normalized spacial score (nSPS) is 15.8. The molecular weight excluding hydrogens is 664 g/mol. The number of ether oxygens (including phenoxy) is 2. The first-order valence-corrected chi connectivity index (χ1v) is 17.3. The Morgan fingerprint density at radius 1 is 0.846 bits per heavy atom. The van der Waals surface area contributed by atoms with Gasteiger partial charge in [-0.2, -0.15) is 0 Å². The van der Waals surface area contributed by atoms with Crippen LogP contribution in [0, 0.1) is 23.7 Å². The minimum absolute atomic E-state index is 0.114. The summed E-state index contributed by atoms with van der Waals surface area (Å²) in [4.78, 5) is 67.7. The van der Waals surface area contributed by atoms with Gasteiger partial charge in [-0.05, 0) is 67.5 Å². The van der Waals surface area contributed by atoms with Crippen molar-refractivity contribution in [2.45, 2.75) is 71.6 Å². The number of H-pyrrole nitrogens is 2. The summed E-state index contributed by atoms with van der Waals surface area (Å²) in [7, 11) is 2.53. The van der Waals surface area contributed by atoms with Crippen molar-refractivity contribution < 1.29 is 28.7 Å². The predicted molar refractivity (Wildman–Crippen MR) is 195 cm³/mol. The van der Waals surface area contributed by atoms with Gasteiger partial charge in [-0.15, -0.1) is 0 Å². The highest BCUT2D eigenvalue weighted by Crippen LogP contribution is 2.33. The molecule has 4 atom stereocenters. The summed E-state index contributed by atoms with van der Waals surface area (Å²) in [6, 6.07) is 11.4. The van der Waals surface area contributed by atoms with E-state index in [4.69, 9.17) is 9.72 Å². The number of imidazole rings is 2. The number of rotatable bonds is 10. The quantitative estimate of drug-likeness (QED) is 0.143. The summed E-state index contributed by atoms with van der Waals surface area (Å²) in [5, 5.41) is 8.15. The topological polar surface area (TPSA) is 183 Å². The number of carbonyl (C=O) groups is 4. The van der Waals surface area contributed by atoms with Crippen LogP contribution in [-0.4, -0.2) is 81.7 Å². The lowest BCUT2D eigenvalue weighted by Crippen LogP contribution is -2.51. The molecule has 4 aromatic rings. The van der Waals surface area contributed by atoms with Crippen molar-refractivity contribution in [1.82, 2.24) is 40.8 Å². The molecule has 0 aliphatic carbocycles. The number of nitrogens with zero attached hydrogens (tertiary/aromatic N) is 3. The average Bonchev–Trinajstić information content (AvgIpc) is 3.91. The molecule has 4 amide bonds. The standard InChI is InChI=1S/C38H46N8O6/c1-21(2)31(44-37(49)51-6)35(47)40-23(5)33-39-20-29(43-33)26-15-12-24(13-16-26)10-11-25-14-17-27-28(19-25)42-34(41-27)30-9-8-18-46(30)36(48)32(22(3)4)45-38(50)52-7/h12-17,19-23,30-32H,8-9,18H2,1-7H3,(H,39,43)(H,40,47)(H,41,42)(H,44,49)(H,45,50). The number of likely N-dealkylation sites (tertiary alicyclic amines) is 1. The molecule has 0 radical (unpaired) electrons. The highest BCUT2D eigenvalue weighted by molar-refractivity contribution is 5.87. The number of aromatic nitrogens is 4. The Labute approximate surface area is 302 Å². The van der Waals surface area contributed by atoms with E-state index in [9.17, 15) is 19.2 Å². The van der Waals surface area contributed by atoms with Crippen LogP contribution < -0.4 is 16.0 Å². The van der Waals surface area contributed by atoms with E-state index in [-0.39, 0.29) is 29.7 Å². The van der Waals surface area contributed by atoms with E-state index in [0.29, 0.717) is 18.2 Å². The molecule has 0 spiro atoms. The number of hydrogen-bond donors (Lipinski definition) is 5. The summed E-state index contributed by atoms with van der Waals surface area (Å²) < 4.78 is 9.39. The number of fused-ring (bicyclic) bond motifs is 1. The highest BCUT2D eigenvalue weighted by atomic mass is 16.5. The van der Waals surface area contributed by atoms with E-state index < -0.39 is 30.3 Å². The second-order valence-electron chi connectivity index (χ2n) is 13.5. The molecule has 1 fully saturated rings. The van der Waals surface area contributed by atoms with Gasteiger partial charge in [0.25, 0.3) is 0 Å². The van der Waals surface area contributed by atoms with E-state index in [1.54, 1.807) is 11.1 Å². The van der Waals surface area contributed by atoms with E-state index in [1.807, 2.05) is 77.1 Å². The maximum absolute atomic E-state index is 13.5. The lowest BCUT2D eigenvalue weighted by Gasteiger charge is -2.29. The summed E-state index contributed by atoms with van der Waals surface area (Å²) in [5.74, 6) is 6.99. The second kappa shape index (κ2) is 16.5. The third kappa shape index (κ3) is 8.71. The second-order valence-corrected chi connectivity index (χ2v) is 13.5. The van der Waals surface area contributed by atoms with E-state index in [0.717, 1.165) is 46.3 Å². The predicted octanol–water partition coefficient (Wildman–Crippen LogP) is 4.95. The molecule has 14 nitrogen and oxygen atoms in total. The fourth-order valence-electron chi connectivity index (χ4n) is 6.13. The van der Waals surface area contributed by atoms with Gasteiger partial charge in [0.1, 0.15) is 23.7 Å². The Bertz CT molecular complexity index is 1970. The largest absolute Gasteiger partial charge is 0.453 e. The number of hydrogen-bond acceptors (Lipinski definition) is 8. The van der Waals surface area contributed by atoms with Gasteiger partial charge in [-0.25, -0.2) is 19.6 Å². The minimum Gasteiger partial charge on any atom is -0.453 e. The third-order valence-electron chi connectivity index (χ3n) is 9.06. The van der Waals surface area contributed by atoms with Gasteiger partial charge >= 0.3 is 12.2 Å². The van der Waals surface area contributed by atoms with Crippen LogP contribution in [0.5, 0.6) is 0 Å². The van der Waals surface area contributed by atoms with Crippen LogP contribution in [-0.2, 0) is 19.1 Å². The van der Waals surface area contributed by atoms with Gasteiger partial charge in [0, 0.05) is 17.7 Å². The molecule has 0 bridgehead atoms. The Morgan fingerprint density at radius 3 is 2.13 bits per heavy atom. The van der Waals surface area contributed by atoms with E-state index in [2.05, 4.69) is 47.5 Å². The molecule has 1 aliphatic heterocycles. The van der Waals surface area contributed by atoms with Gasteiger partial charge < -0.3 is 40.3 Å². The Balaban J connectivity index is 1.24. The molecule has 5 N–H and O–H groups in total. The smallest absolute Gasteiger partial charge is 0.407 e. The molecular formula is C38H46N8O6. The zero-order chi connectivity index (χ0) is 37.5. The molecule has 1 aliphatic rings. The summed E-state index contributed by atoms with van der Waals surface area (Å²) in [6.07, 6.45) is 2.01. The van der Waals surface area contributed by atoms with Crippen LogP contribution in [0.25, 0.3) is 22.3 Å². The third-order valence-corrected chi connectivity index (χ3v) is 9.06. The van der Waals surface area contributed by atoms with Gasteiger partial charge in [0.2, 0.25) is 11.8 Å². The first-order chi connectivity index (χ1) is 24.9. The number of amides is 4. The zero-order valence-corrected chi connectivity index (χ0v) is 30.5. The summed E-state index contributed by atoms with van der Waals surface area (Å²) >= 11 is 0. The van der Waals surface area contributed by atoms with Crippen molar-refractivity contribution in [3.05, 3.63) is 71.4 Å². The molecule has 2 aromatic carbocycles. The number of carbonyl (C=O) groups excluding carboxylic acids is 4. The van der Waals surface area contributed by atoms with Crippen molar-refractivity contribution in [2.75, 3.05) is 20.8 Å². The molecule has 1 saturated heterocycles. The van der Waals surface area contributed by atoms with Crippen LogP contribution in [0.1, 0.15) is 82.3 Å². The molecule has 0 saturated carbocycles. The van der Waals surface area contributed by atoms with Crippen LogP contribution in [0.15, 0.2) is 48.7 Å². The van der Waals surface area contributed by atoms with Crippen molar-refractivity contribution in [1.29, 1.82) is 0 Å². The number of nitrogens with one attached hydrogen (secondary N) is 5. The van der Waals surface area contributed by atoms with Crippen molar-refractivity contribution in [3.63, 3.8) is 0 Å². The SMILES string of the molecule is COC(=O)NC(C(=O)NC(C)c1ncc(-c2ccc(C#Cc3ccc4nc(C5CCCN5C(=O)C(NC(=O)OC)C(C)C)[nH]c4c3)cc2)[nH]1)C(C)C. The van der Waals surface area contributed by atoms with E-state index in [1.165, 1.54) is 14.2 Å². The monoisotopic (exact) mass is 710 g/mol. The highest BCUT2D eigenvalue weighted by Gasteiger charge is 2.37. The van der Waals surface area contributed by atoms with Crippen LogP contribution in [0.3, 0.4) is 0 Å². The van der Waals surface area contributed by atoms with Crippen LogP contribution >= 0.6 is 0 Å². The molecule has 4 unspecified atom stereocenters. The van der Waals surface area contributed by atoms with Crippen molar-refractivity contribution in [2.24, 2.45) is 11.8 Å².